The van der Waals surface area contributed by atoms with Crippen molar-refractivity contribution in [1.82, 2.24) is 4.90 Å². The van der Waals surface area contributed by atoms with E-state index in [0.717, 1.165) is 31.4 Å². The second kappa shape index (κ2) is 12.3. The lowest BCUT2D eigenvalue weighted by atomic mass is 9.78. The van der Waals surface area contributed by atoms with Crippen LogP contribution in [0.5, 0.6) is 0 Å². The summed E-state index contributed by atoms with van der Waals surface area (Å²) < 4.78 is 0. The Morgan fingerprint density at radius 1 is 0.800 bits per heavy atom. The Labute approximate surface area is 187 Å². The first-order valence-electron chi connectivity index (χ1n) is 10.5. The van der Waals surface area contributed by atoms with E-state index in [1.54, 1.807) is 0 Å². The van der Waals surface area contributed by atoms with Crippen LogP contribution in [0, 0.1) is 5.92 Å². The summed E-state index contributed by atoms with van der Waals surface area (Å²) in [6, 6.07) is 30.9. The Kier molecular flexibility index (Phi) is 9.79. The molecule has 0 aliphatic heterocycles. The Bertz CT molecular complexity index is 865. The van der Waals surface area contributed by atoms with E-state index in [0.29, 0.717) is 0 Å². The monoisotopic (exact) mass is 421 g/mol. The largest absolute Gasteiger partial charge is 0.309 e. The first-order valence-corrected chi connectivity index (χ1v) is 10.5. The third-order valence-electron chi connectivity index (χ3n) is 5.49. The second-order valence-electron chi connectivity index (χ2n) is 7.99. The fourth-order valence-electron chi connectivity index (χ4n) is 4.07. The summed E-state index contributed by atoms with van der Waals surface area (Å²) in [5.41, 5.74) is 3.43. The predicted octanol–water partition coefficient (Wildman–Crippen LogP) is 6.28. The summed E-state index contributed by atoms with van der Waals surface area (Å²) in [6.45, 7) is 0.749. The van der Waals surface area contributed by atoms with Crippen molar-refractivity contribution in [2.24, 2.45) is 5.92 Å². The molecule has 0 N–H and O–H groups in total. The molecule has 2 unspecified atom stereocenters. The third-order valence-corrected chi connectivity index (χ3v) is 5.49. The van der Waals surface area contributed by atoms with Crippen LogP contribution in [-0.2, 0) is 6.42 Å². The van der Waals surface area contributed by atoms with Gasteiger partial charge in [-0.2, -0.15) is 0 Å². The fourth-order valence-corrected chi connectivity index (χ4v) is 4.07. The van der Waals surface area contributed by atoms with Crippen LogP contribution in [0.15, 0.2) is 91.0 Å². The highest BCUT2D eigenvalue weighted by Crippen LogP contribution is 2.33. The van der Waals surface area contributed by atoms with Gasteiger partial charge in [-0.25, -0.2) is 0 Å². The van der Waals surface area contributed by atoms with Crippen LogP contribution >= 0.6 is 12.4 Å². The van der Waals surface area contributed by atoms with Gasteiger partial charge in [-0.1, -0.05) is 91.0 Å². The predicted molar refractivity (Wildman–Crippen MR) is 129 cm³/mol. The number of carbonyl (C=O) groups is 1. The van der Waals surface area contributed by atoms with Crippen molar-refractivity contribution in [3.05, 3.63) is 108 Å². The summed E-state index contributed by atoms with van der Waals surface area (Å²) in [7, 11) is 4.11. The maximum absolute atomic E-state index is 13.5. The van der Waals surface area contributed by atoms with Crippen LogP contribution in [0.3, 0.4) is 0 Å². The van der Waals surface area contributed by atoms with Gasteiger partial charge in [0.2, 0.25) is 0 Å². The number of rotatable bonds is 10. The van der Waals surface area contributed by atoms with Gasteiger partial charge in [0.15, 0.2) is 5.78 Å². The smallest absolute Gasteiger partial charge is 0.167 e. The van der Waals surface area contributed by atoms with Gasteiger partial charge >= 0.3 is 0 Å². The van der Waals surface area contributed by atoms with Gasteiger partial charge in [-0.3, -0.25) is 4.79 Å². The van der Waals surface area contributed by atoms with Crippen molar-refractivity contribution in [3.8, 4) is 0 Å². The molecule has 0 spiro atoms. The van der Waals surface area contributed by atoms with Crippen LogP contribution < -0.4 is 0 Å². The quantitative estimate of drug-likeness (QED) is 0.359. The second-order valence-corrected chi connectivity index (χ2v) is 7.99. The number of ketones is 1. The molecule has 0 aliphatic rings. The lowest BCUT2D eigenvalue weighted by molar-refractivity contribution is 0.0868. The molecule has 3 heteroatoms. The molecule has 3 rings (SSSR count). The third kappa shape index (κ3) is 6.83. The van der Waals surface area contributed by atoms with Gasteiger partial charge in [0.05, 0.1) is 0 Å². The van der Waals surface area contributed by atoms with Crippen molar-refractivity contribution < 1.29 is 4.79 Å². The number of nitrogens with zero attached hydrogens (tertiary/aromatic N) is 1. The molecular weight excluding hydrogens is 390 g/mol. The first kappa shape index (κ1) is 23.9. The van der Waals surface area contributed by atoms with Crippen molar-refractivity contribution in [1.29, 1.82) is 0 Å². The Balaban J connectivity index is 0.00000320. The van der Waals surface area contributed by atoms with E-state index >= 15 is 0 Å². The van der Waals surface area contributed by atoms with E-state index in [1.165, 1.54) is 11.1 Å². The molecule has 30 heavy (non-hydrogen) atoms. The van der Waals surface area contributed by atoms with Gasteiger partial charge in [-0.15, -0.1) is 12.4 Å². The summed E-state index contributed by atoms with van der Waals surface area (Å²) in [4.78, 5) is 15.6. The normalized spacial score (nSPS) is 12.8. The lowest BCUT2D eigenvalue weighted by Gasteiger charge is -2.29. The minimum absolute atomic E-state index is 0. The number of hydrogen-bond acceptors (Lipinski definition) is 2. The Hall–Kier alpha value is -2.42. The van der Waals surface area contributed by atoms with Crippen LogP contribution in [0.4, 0.5) is 0 Å². The molecule has 3 aromatic carbocycles. The maximum atomic E-state index is 13.5. The number of benzene rings is 3. The minimum atomic E-state index is -0.0643. The zero-order valence-corrected chi connectivity index (χ0v) is 18.7. The molecule has 3 aromatic rings. The molecule has 0 bridgehead atoms. The van der Waals surface area contributed by atoms with Crippen molar-refractivity contribution in [3.63, 3.8) is 0 Å². The molecule has 0 heterocycles. The van der Waals surface area contributed by atoms with E-state index in [4.69, 9.17) is 0 Å². The zero-order chi connectivity index (χ0) is 20.5. The van der Waals surface area contributed by atoms with Gasteiger partial charge < -0.3 is 4.90 Å². The van der Waals surface area contributed by atoms with E-state index in [2.05, 4.69) is 73.6 Å². The molecule has 0 aliphatic carbocycles. The highest BCUT2D eigenvalue weighted by Gasteiger charge is 2.30. The number of carbonyl (C=O) groups excluding carboxylic acids is 1. The first-order chi connectivity index (χ1) is 14.1. The summed E-state index contributed by atoms with van der Waals surface area (Å²) >= 11 is 0. The number of halogens is 1. The zero-order valence-electron chi connectivity index (χ0n) is 17.9. The average molecular weight is 422 g/mol. The highest BCUT2D eigenvalue weighted by molar-refractivity contribution is 5.98. The topological polar surface area (TPSA) is 20.3 Å². The Morgan fingerprint density at radius 3 is 1.90 bits per heavy atom. The molecule has 0 radical (unpaired) electrons. The summed E-state index contributed by atoms with van der Waals surface area (Å²) in [5.74, 6) is 0.383. The number of hydrogen-bond donors (Lipinski definition) is 0. The molecule has 2 nitrogen and oxygen atoms in total. The Morgan fingerprint density at radius 2 is 1.33 bits per heavy atom. The van der Waals surface area contributed by atoms with Crippen LogP contribution in [-0.4, -0.2) is 31.3 Å². The molecule has 0 fully saturated rings. The van der Waals surface area contributed by atoms with E-state index in [9.17, 15) is 4.79 Å². The van der Waals surface area contributed by atoms with E-state index in [1.807, 2.05) is 36.4 Å². The minimum Gasteiger partial charge on any atom is -0.309 e. The molecule has 0 amide bonds. The fraction of sp³-hybridized carbons (Fsp3) is 0.296. The van der Waals surface area contributed by atoms with Gasteiger partial charge in [-0.05, 0) is 50.4 Å². The van der Waals surface area contributed by atoms with Crippen molar-refractivity contribution >= 4 is 18.2 Å². The highest BCUT2D eigenvalue weighted by atomic mass is 35.5. The number of Topliss-reactive ketones (excluding diaryl/α,β-unsaturated/α-hetero) is 1. The molecule has 0 saturated heterocycles. The van der Waals surface area contributed by atoms with Crippen molar-refractivity contribution in [2.75, 3.05) is 20.6 Å². The standard InChI is InChI=1S/C27H31NO.ClH/c1-28(2)21-26(27(29)24-18-10-5-11-19-24)25(23-16-8-4-9-17-23)20-12-15-22-13-6-3-7-14-22;/h3-11,13-14,16-19,25-26H,12,15,20-21H2,1-2H3;1H. The average Bonchev–Trinajstić information content (AvgIpc) is 2.77. The molecular formula is C27H32ClNO. The van der Waals surface area contributed by atoms with Crippen LogP contribution in [0.2, 0.25) is 0 Å². The maximum Gasteiger partial charge on any atom is 0.167 e. The number of aryl methyl sites for hydroxylation is 1. The summed E-state index contributed by atoms with van der Waals surface area (Å²) in [6.07, 6.45) is 3.10. The van der Waals surface area contributed by atoms with Crippen molar-refractivity contribution in [2.45, 2.75) is 25.2 Å². The molecule has 2 atom stereocenters. The van der Waals surface area contributed by atoms with E-state index in [-0.39, 0.29) is 30.0 Å². The summed E-state index contributed by atoms with van der Waals surface area (Å²) in [5, 5.41) is 0. The molecule has 158 valence electrons. The van der Waals surface area contributed by atoms with Crippen LogP contribution in [0.25, 0.3) is 0 Å². The van der Waals surface area contributed by atoms with Crippen LogP contribution in [0.1, 0.15) is 40.2 Å². The SMILES string of the molecule is CN(C)CC(C(=O)c1ccccc1)C(CCCc1ccccc1)c1ccccc1.Cl. The molecule has 0 saturated carbocycles. The lowest BCUT2D eigenvalue weighted by Crippen LogP contribution is -2.33. The van der Waals surface area contributed by atoms with E-state index < -0.39 is 0 Å². The van der Waals surface area contributed by atoms with Gasteiger partial charge in [0.25, 0.3) is 0 Å². The van der Waals surface area contributed by atoms with Gasteiger partial charge in [0.1, 0.15) is 0 Å². The molecule has 0 aromatic heterocycles. The van der Waals surface area contributed by atoms with Gasteiger partial charge in [0, 0.05) is 18.0 Å².